The summed E-state index contributed by atoms with van der Waals surface area (Å²) in [6.45, 7) is 7.40. The molecule has 0 aliphatic heterocycles. The van der Waals surface area contributed by atoms with Crippen LogP contribution in [0.5, 0.6) is 17.2 Å². The number of amides is 1. The number of hydrogen-bond acceptors (Lipinski definition) is 7. The van der Waals surface area contributed by atoms with Crippen LogP contribution in [0, 0.1) is 0 Å². The van der Waals surface area contributed by atoms with Gasteiger partial charge < -0.3 is 30.0 Å². The molecule has 0 aliphatic carbocycles. The van der Waals surface area contributed by atoms with Crippen molar-refractivity contribution in [3.8, 4) is 17.2 Å². The number of rotatable bonds is 13. The van der Waals surface area contributed by atoms with Gasteiger partial charge in [-0.05, 0) is 62.6 Å². The number of benzene rings is 2. The third kappa shape index (κ3) is 7.68. The van der Waals surface area contributed by atoms with Crippen LogP contribution in [-0.4, -0.2) is 44.8 Å². The third-order valence-corrected chi connectivity index (χ3v) is 4.39. The summed E-state index contributed by atoms with van der Waals surface area (Å²) in [4.78, 5) is 24.2. The molecule has 0 atom stereocenters. The summed E-state index contributed by atoms with van der Waals surface area (Å²) in [7, 11) is 0. The third-order valence-electron chi connectivity index (χ3n) is 4.39. The lowest BCUT2D eigenvalue weighted by molar-refractivity contribution is -0.123. The van der Waals surface area contributed by atoms with Crippen LogP contribution >= 0.6 is 0 Å². The van der Waals surface area contributed by atoms with E-state index in [0.717, 1.165) is 12.0 Å². The maximum Gasteiger partial charge on any atom is 0.338 e. The quantitative estimate of drug-likeness (QED) is 0.360. The lowest BCUT2D eigenvalue weighted by Gasteiger charge is -2.13. The van der Waals surface area contributed by atoms with Gasteiger partial charge in [0.1, 0.15) is 5.75 Å². The van der Waals surface area contributed by atoms with E-state index in [0.29, 0.717) is 55.5 Å². The highest BCUT2D eigenvalue weighted by Gasteiger charge is 2.12. The predicted octanol–water partition coefficient (Wildman–Crippen LogP) is 3.37. The molecule has 0 aromatic heterocycles. The highest BCUT2D eigenvalue weighted by atomic mass is 16.5. The topological polar surface area (TPSA) is 109 Å². The average Bonchev–Trinajstić information content (AvgIpc) is 2.78. The first-order valence-electron chi connectivity index (χ1n) is 10.8. The predicted molar refractivity (Wildman–Crippen MR) is 122 cm³/mol. The van der Waals surface area contributed by atoms with Crippen LogP contribution in [0.3, 0.4) is 0 Å². The van der Waals surface area contributed by atoms with Gasteiger partial charge in [0.2, 0.25) is 0 Å². The molecule has 2 aromatic rings. The second kappa shape index (κ2) is 13.1. The van der Waals surface area contributed by atoms with Gasteiger partial charge in [0.25, 0.3) is 5.91 Å². The van der Waals surface area contributed by atoms with Crippen LogP contribution in [0.1, 0.15) is 43.1 Å². The zero-order valence-electron chi connectivity index (χ0n) is 18.9. The second-order valence-electron chi connectivity index (χ2n) is 6.92. The first kappa shape index (κ1) is 24.8. The van der Waals surface area contributed by atoms with E-state index < -0.39 is 5.97 Å². The standard InChI is InChI=1S/C24H32N2O6/c1-4-13-31-24(28)18-8-9-19(25)21(15-18)32-16-23(27)26-12-11-17-7-10-20(29-5-2)22(14-17)30-6-3/h7-10,14-15H,4-6,11-13,16,25H2,1-3H3,(H,26,27). The Morgan fingerprint density at radius 2 is 1.66 bits per heavy atom. The molecule has 0 saturated heterocycles. The molecule has 0 radical (unpaired) electrons. The van der Waals surface area contributed by atoms with Gasteiger partial charge in [0.15, 0.2) is 18.1 Å². The number of anilines is 1. The SMILES string of the molecule is CCCOC(=O)c1ccc(N)c(OCC(=O)NCCc2ccc(OCC)c(OCC)c2)c1. The fourth-order valence-electron chi connectivity index (χ4n) is 2.86. The van der Waals surface area contributed by atoms with E-state index in [-0.39, 0.29) is 18.3 Å². The molecule has 8 nitrogen and oxygen atoms in total. The van der Waals surface area contributed by atoms with Crippen molar-refractivity contribution in [2.45, 2.75) is 33.6 Å². The molecule has 0 heterocycles. The summed E-state index contributed by atoms with van der Waals surface area (Å²) in [5.74, 6) is 0.907. The van der Waals surface area contributed by atoms with Gasteiger partial charge in [-0.2, -0.15) is 0 Å². The summed E-state index contributed by atoms with van der Waals surface area (Å²) in [6, 6.07) is 10.3. The minimum Gasteiger partial charge on any atom is -0.490 e. The van der Waals surface area contributed by atoms with Crippen LogP contribution in [-0.2, 0) is 16.0 Å². The molecule has 0 spiro atoms. The zero-order chi connectivity index (χ0) is 23.3. The van der Waals surface area contributed by atoms with E-state index in [4.69, 9.17) is 24.7 Å². The van der Waals surface area contributed by atoms with Crippen LogP contribution in [0.15, 0.2) is 36.4 Å². The average molecular weight is 445 g/mol. The number of esters is 1. The molecule has 0 fully saturated rings. The molecule has 32 heavy (non-hydrogen) atoms. The number of carbonyl (C=O) groups is 2. The molecule has 0 bridgehead atoms. The van der Waals surface area contributed by atoms with Crippen molar-refractivity contribution < 1.29 is 28.5 Å². The van der Waals surface area contributed by atoms with E-state index in [9.17, 15) is 9.59 Å². The molecule has 2 aromatic carbocycles. The van der Waals surface area contributed by atoms with E-state index in [1.54, 1.807) is 12.1 Å². The summed E-state index contributed by atoms with van der Waals surface area (Å²) in [5, 5.41) is 2.81. The Labute approximate surface area is 189 Å². The zero-order valence-corrected chi connectivity index (χ0v) is 18.9. The first-order valence-corrected chi connectivity index (χ1v) is 10.8. The van der Waals surface area contributed by atoms with Gasteiger partial charge in [0.05, 0.1) is 31.1 Å². The van der Waals surface area contributed by atoms with E-state index in [1.807, 2.05) is 39.0 Å². The van der Waals surface area contributed by atoms with Crippen LogP contribution in [0.25, 0.3) is 0 Å². The van der Waals surface area contributed by atoms with E-state index >= 15 is 0 Å². The van der Waals surface area contributed by atoms with Crippen molar-refractivity contribution in [2.75, 3.05) is 38.7 Å². The maximum absolute atomic E-state index is 12.2. The molecule has 1 amide bonds. The lowest BCUT2D eigenvalue weighted by Crippen LogP contribution is -2.30. The van der Waals surface area contributed by atoms with Crippen LogP contribution in [0.4, 0.5) is 5.69 Å². The molecular formula is C24H32N2O6. The molecule has 174 valence electrons. The fourth-order valence-corrected chi connectivity index (χ4v) is 2.86. The van der Waals surface area contributed by atoms with Crippen molar-refractivity contribution in [2.24, 2.45) is 0 Å². The lowest BCUT2D eigenvalue weighted by atomic mass is 10.1. The molecule has 2 rings (SSSR count). The summed E-state index contributed by atoms with van der Waals surface area (Å²) >= 11 is 0. The molecule has 0 unspecified atom stereocenters. The Balaban J connectivity index is 1.85. The van der Waals surface area contributed by atoms with Gasteiger partial charge in [-0.15, -0.1) is 0 Å². The monoisotopic (exact) mass is 444 g/mol. The first-order chi connectivity index (χ1) is 15.5. The molecule has 3 N–H and O–H groups in total. The molecule has 0 aliphatic rings. The maximum atomic E-state index is 12.2. The molecular weight excluding hydrogens is 412 g/mol. The Kier molecular flexibility index (Phi) is 10.2. The normalized spacial score (nSPS) is 10.3. The number of hydrogen-bond donors (Lipinski definition) is 2. The van der Waals surface area contributed by atoms with E-state index in [1.165, 1.54) is 6.07 Å². The molecule has 0 saturated carbocycles. The minimum atomic E-state index is -0.456. The largest absolute Gasteiger partial charge is 0.490 e. The van der Waals surface area contributed by atoms with Crippen molar-refractivity contribution in [3.63, 3.8) is 0 Å². The highest BCUT2D eigenvalue weighted by molar-refractivity contribution is 5.90. The van der Waals surface area contributed by atoms with Gasteiger partial charge in [-0.25, -0.2) is 4.79 Å². The van der Waals surface area contributed by atoms with Crippen molar-refractivity contribution in [3.05, 3.63) is 47.5 Å². The van der Waals surface area contributed by atoms with Gasteiger partial charge in [-0.3, -0.25) is 4.79 Å². The summed E-state index contributed by atoms with van der Waals surface area (Å²) in [5.41, 5.74) is 7.57. The van der Waals surface area contributed by atoms with Gasteiger partial charge in [-0.1, -0.05) is 13.0 Å². The number of nitrogens with one attached hydrogen (secondary N) is 1. The van der Waals surface area contributed by atoms with Crippen molar-refractivity contribution >= 4 is 17.6 Å². The van der Waals surface area contributed by atoms with Gasteiger partial charge in [0, 0.05) is 6.54 Å². The minimum absolute atomic E-state index is 0.217. The fraction of sp³-hybridized carbons (Fsp3) is 0.417. The Morgan fingerprint density at radius 3 is 2.38 bits per heavy atom. The number of ether oxygens (including phenoxy) is 4. The Bertz CT molecular complexity index is 900. The Hall–Kier alpha value is -3.42. The number of carbonyl (C=O) groups excluding carboxylic acids is 2. The van der Waals surface area contributed by atoms with E-state index in [2.05, 4.69) is 5.32 Å². The number of nitrogens with two attached hydrogens (primary N) is 1. The highest BCUT2D eigenvalue weighted by Crippen LogP contribution is 2.28. The summed E-state index contributed by atoms with van der Waals surface area (Å²) < 4.78 is 21.8. The Morgan fingerprint density at radius 1 is 0.906 bits per heavy atom. The van der Waals surface area contributed by atoms with Gasteiger partial charge >= 0.3 is 5.97 Å². The van der Waals surface area contributed by atoms with Crippen LogP contribution in [0.2, 0.25) is 0 Å². The van der Waals surface area contributed by atoms with Crippen molar-refractivity contribution in [1.82, 2.24) is 5.32 Å². The number of nitrogen functional groups attached to an aromatic ring is 1. The molecule has 8 heteroatoms. The smallest absolute Gasteiger partial charge is 0.338 e. The second-order valence-corrected chi connectivity index (χ2v) is 6.92. The summed E-state index contributed by atoms with van der Waals surface area (Å²) in [6.07, 6.45) is 1.35. The van der Waals surface area contributed by atoms with Crippen molar-refractivity contribution in [1.29, 1.82) is 0 Å². The van der Waals surface area contributed by atoms with Crippen LogP contribution < -0.4 is 25.3 Å².